The van der Waals surface area contributed by atoms with Crippen molar-refractivity contribution in [3.8, 4) is 0 Å². The molecule has 5 nitrogen and oxygen atoms in total. The van der Waals surface area contributed by atoms with Crippen LogP contribution in [-0.4, -0.2) is 41.8 Å². The average molecular weight is 183 g/mol. The van der Waals surface area contributed by atoms with Crippen molar-refractivity contribution in [3.63, 3.8) is 0 Å². The average Bonchev–Trinajstić information content (AvgIpc) is 2.36. The number of carbonyl (C=O) groups is 3. The van der Waals surface area contributed by atoms with Gasteiger partial charge in [-0.1, -0.05) is 0 Å². The highest BCUT2D eigenvalue weighted by atomic mass is 16.5. The van der Waals surface area contributed by atoms with Crippen LogP contribution in [0.15, 0.2) is 0 Å². The molecule has 0 saturated carbocycles. The fraction of sp³-hybridized carbons (Fsp3) is 0.625. The monoisotopic (exact) mass is 183 g/mol. The first kappa shape index (κ1) is 8.22. The van der Waals surface area contributed by atoms with Crippen molar-refractivity contribution in [2.75, 3.05) is 7.11 Å². The smallest absolute Gasteiger partial charge is 0.336 e. The van der Waals surface area contributed by atoms with Crippen molar-refractivity contribution in [2.24, 2.45) is 0 Å². The maximum atomic E-state index is 11.3. The van der Waals surface area contributed by atoms with E-state index in [0.29, 0.717) is 12.8 Å². The van der Waals surface area contributed by atoms with Crippen molar-refractivity contribution >= 4 is 17.7 Å². The molecule has 2 atom stereocenters. The van der Waals surface area contributed by atoms with E-state index in [1.807, 2.05) is 0 Å². The quantitative estimate of drug-likeness (QED) is 0.300. The summed E-state index contributed by atoms with van der Waals surface area (Å²) in [5.41, 5.74) is 0. The molecule has 0 aliphatic carbocycles. The van der Waals surface area contributed by atoms with Gasteiger partial charge in [-0.3, -0.25) is 9.59 Å². The third kappa shape index (κ3) is 0.961. The van der Waals surface area contributed by atoms with Crippen LogP contribution in [0.1, 0.15) is 12.8 Å². The predicted octanol–water partition coefficient (Wildman–Crippen LogP) is -0.898. The summed E-state index contributed by atoms with van der Waals surface area (Å²) in [5, 5.41) is 0. The van der Waals surface area contributed by atoms with Crippen LogP contribution < -0.4 is 0 Å². The molecule has 0 aromatic carbocycles. The zero-order valence-corrected chi connectivity index (χ0v) is 7.15. The molecule has 2 saturated heterocycles. The molecule has 2 heterocycles. The summed E-state index contributed by atoms with van der Waals surface area (Å²) >= 11 is 0. The summed E-state index contributed by atoms with van der Waals surface area (Å²) in [5.74, 6) is -0.963. The third-order valence-electron chi connectivity index (χ3n) is 2.54. The van der Waals surface area contributed by atoms with Crippen LogP contribution in [0.5, 0.6) is 0 Å². The lowest BCUT2D eigenvalue weighted by Gasteiger charge is -2.36. The number of hydrogen-bond acceptors (Lipinski definition) is 4. The van der Waals surface area contributed by atoms with Gasteiger partial charge in [0.1, 0.15) is 0 Å². The molecule has 2 aliphatic rings. The molecule has 2 fully saturated rings. The number of carbonyl (C=O) groups excluding carboxylic acids is 3. The lowest BCUT2D eigenvalue weighted by Crippen LogP contribution is -2.55. The van der Waals surface area contributed by atoms with Gasteiger partial charge in [0.25, 0.3) is 0 Å². The van der Waals surface area contributed by atoms with Crippen molar-refractivity contribution in [1.82, 2.24) is 4.90 Å². The van der Waals surface area contributed by atoms with E-state index in [2.05, 4.69) is 4.74 Å². The number of nitrogens with zero attached hydrogens (tertiary/aromatic N) is 1. The summed E-state index contributed by atoms with van der Waals surface area (Å²) in [7, 11) is 1.22. The molecule has 0 aromatic heterocycles. The van der Waals surface area contributed by atoms with Crippen LogP contribution in [0.2, 0.25) is 0 Å². The molecule has 0 N–H and O–H groups in total. The van der Waals surface area contributed by atoms with Crippen molar-refractivity contribution < 1.29 is 19.1 Å². The minimum Gasteiger partial charge on any atom is -0.467 e. The van der Waals surface area contributed by atoms with Crippen molar-refractivity contribution in [1.29, 1.82) is 0 Å². The summed E-state index contributed by atoms with van der Waals surface area (Å²) in [6, 6.07) is -1.01. The minimum atomic E-state index is -0.962. The Morgan fingerprint density at radius 1 is 1.46 bits per heavy atom. The molecule has 5 heteroatoms. The molecule has 1 unspecified atom stereocenters. The number of Topliss-reactive ketones (excluding diaryl/α,β-unsaturated/α-hetero) is 1. The van der Waals surface area contributed by atoms with E-state index in [1.165, 1.54) is 12.0 Å². The standard InChI is InChI=1S/C8H9NO4/c1-13-8(12)7-5(10)2-4-3-6(11)9(4)7/h4,7H,2-3H2,1H3/t4-,7?/m0/s1. The minimum absolute atomic E-state index is 0.0518. The Hall–Kier alpha value is -1.39. The first-order valence-electron chi connectivity index (χ1n) is 4.07. The summed E-state index contributed by atoms with van der Waals surface area (Å²) in [4.78, 5) is 34.8. The fourth-order valence-corrected chi connectivity index (χ4v) is 1.88. The molecular formula is C8H9NO4. The van der Waals surface area contributed by atoms with Gasteiger partial charge in [-0.25, -0.2) is 4.79 Å². The topological polar surface area (TPSA) is 63.7 Å². The Kier molecular flexibility index (Phi) is 1.61. The van der Waals surface area contributed by atoms with E-state index in [9.17, 15) is 14.4 Å². The van der Waals surface area contributed by atoms with Crippen LogP contribution >= 0.6 is 0 Å². The number of rotatable bonds is 1. The predicted molar refractivity (Wildman–Crippen MR) is 40.7 cm³/mol. The molecular weight excluding hydrogens is 174 g/mol. The number of ketones is 1. The first-order valence-corrected chi connectivity index (χ1v) is 4.07. The summed E-state index contributed by atoms with van der Waals surface area (Å²) < 4.78 is 4.45. The van der Waals surface area contributed by atoms with Crippen LogP contribution in [0, 0.1) is 0 Å². The number of hydrogen-bond donors (Lipinski definition) is 0. The molecule has 0 radical (unpaired) electrons. The van der Waals surface area contributed by atoms with E-state index < -0.39 is 12.0 Å². The van der Waals surface area contributed by atoms with Crippen LogP contribution in [0.4, 0.5) is 0 Å². The lowest BCUT2D eigenvalue weighted by atomic mass is 10.0. The Bertz CT molecular complexity index is 291. The van der Waals surface area contributed by atoms with Crippen molar-refractivity contribution in [2.45, 2.75) is 24.9 Å². The number of ether oxygens (including phenoxy) is 1. The summed E-state index contributed by atoms with van der Waals surface area (Å²) in [6.07, 6.45) is 0.685. The molecule has 0 aromatic rings. The molecule has 0 bridgehead atoms. The second kappa shape index (κ2) is 2.55. The zero-order valence-electron chi connectivity index (χ0n) is 7.15. The van der Waals surface area contributed by atoms with E-state index in [1.54, 1.807) is 0 Å². The normalized spacial score (nSPS) is 31.3. The largest absolute Gasteiger partial charge is 0.467 e. The van der Waals surface area contributed by atoms with E-state index in [4.69, 9.17) is 0 Å². The maximum absolute atomic E-state index is 11.3. The van der Waals surface area contributed by atoms with E-state index in [0.717, 1.165) is 0 Å². The maximum Gasteiger partial charge on any atom is 0.336 e. The SMILES string of the molecule is COC(=O)C1C(=O)C[C@H]2CC(=O)N12. The number of β-lactam (4-membered cyclic amide) rings is 1. The fourth-order valence-electron chi connectivity index (χ4n) is 1.88. The lowest BCUT2D eigenvalue weighted by molar-refractivity contribution is -0.160. The van der Waals surface area contributed by atoms with Gasteiger partial charge in [0, 0.05) is 18.9 Å². The van der Waals surface area contributed by atoms with Crippen LogP contribution in [0.3, 0.4) is 0 Å². The molecule has 2 aliphatic heterocycles. The first-order chi connectivity index (χ1) is 6.15. The van der Waals surface area contributed by atoms with E-state index >= 15 is 0 Å². The second-order valence-electron chi connectivity index (χ2n) is 3.26. The van der Waals surface area contributed by atoms with Gasteiger partial charge in [-0.05, 0) is 0 Å². The number of methoxy groups -OCH3 is 1. The Morgan fingerprint density at radius 3 is 2.69 bits per heavy atom. The Morgan fingerprint density at radius 2 is 2.15 bits per heavy atom. The van der Waals surface area contributed by atoms with Gasteiger partial charge in [0.15, 0.2) is 11.8 Å². The van der Waals surface area contributed by atoms with Gasteiger partial charge in [0.2, 0.25) is 5.91 Å². The molecule has 1 amide bonds. The Balaban J connectivity index is 2.21. The number of amides is 1. The number of esters is 1. The van der Waals surface area contributed by atoms with Gasteiger partial charge in [-0.2, -0.15) is 0 Å². The van der Waals surface area contributed by atoms with Gasteiger partial charge in [-0.15, -0.1) is 0 Å². The van der Waals surface area contributed by atoms with Crippen LogP contribution in [0.25, 0.3) is 0 Å². The van der Waals surface area contributed by atoms with E-state index in [-0.39, 0.29) is 17.7 Å². The summed E-state index contributed by atoms with van der Waals surface area (Å²) in [6.45, 7) is 0. The van der Waals surface area contributed by atoms with Crippen molar-refractivity contribution in [3.05, 3.63) is 0 Å². The highest BCUT2D eigenvalue weighted by Crippen LogP contribution is 2.33. The molecule has 2 rings (SSSR count). The number of fused-ring (bicyclic) bond motifs is 1. The van der Waals surface area contributed by atoms with Crippen LogP contribution in [-0.2, 0) is 19.1 Å². The molecule has 13 heavy (non-hydrogen) atoms. The van der Waals surface area contributed by atoms with Gasteiger partial charge >= 0.3 is 5.97 Å². The highest BCUT2D eigenvalue weighted by Gasteiger charge is 2.53. The molecule has 0 spiro atoms. The molecule has 70 valence electrons. The van der Waals surface area contributed by atoms with Gasteiger partial charge in [0.05, 0.1) is 7.11 Å². The highest BCUT2D eigenvalue weighted by molar-refractivity contribution is 6.10. The van der Waals surface area contributed by atoms with Gasteiger partial charge < -0.3 is 9.64 Å². The second-order valence-corrected chi connectivity index (χ2v) is 3.26. The zero-order chi connectivity index (χ0) is 9.59. The Labute approximate surface area is 74.6 Å². The third-order valence-corrected chi connectivity index (χ3v) is 2.54.